The second-order valence-electron chi connectivity index (χ2n) is 4.11. The van der Waals surface area contributed by atoms with Gasteiger partial charge in [-0.3, -0.25) is 4.79 Å². The van der Waals surface area contributed by atoms with Crippen molar-refractivity contribution in [2.75, 3.05) is 0 Å². The molecule has 1 atom stereocenters. The Labute approximate surface area is 75.5 Å². The second-order valence-corrected chi connectivity index (χ2v) is 4.11. The number of ketones is 1. The number of Topliss-reactive ketones (excluding diaryl/α,β-unsaturated/α-hetero) is 1. The lowest BCUT2D eigenvalue weighted by Gasteiger charge is -2.32. The van der Waals surface area contributed by atoms with E-state index in [-0.39, 0.29) is 5.78 Å². The summed E-state index contributed by atoms with van der Waals surface area (Å²) in [5.41, 5.74) is 0.633. The van der Waals surface area contributed by atoms with Gasteiger partial charge in [0.25, 0.3) is 0 Å². The smallest absolute Gasteiger partial charge is 0.196 e. The third kappa shape index (κ3) is 1.09. The first-order chi connectivity index (χ1) is 6.02. The van der Waals surface area contributed by atoms with Gasteiger partial charge in [0.15, 0.2) is 5.78 Å². The van der Waals surface area contributed by atoms with Crippen LogP contribution in [0.4, 0.5) is 0 Å². The summed E-state index contributed by atoms with van der Waals surface area (Å²) in [7, 11) is 0. The number of aliphatic hydroxyl groups excluding tert-OH is 1. The van der Waals surface area contributed by atoms with Crippen LogP contribution in [0.3, 0.4) is 0 Å². The zero-order valence-electron chi connectivity index (χ0n) is 7.57. The Morgan fingerprint density at radius 3 is 3.08 bits per heavy atom. The fraction of sp³-hybridized carbons (Fsp3) is 0.556. The maximum atomic E-state index is 11.5. The number of rotatable bonds is 0. The fourth-order valence-electron chi connectivity index (χ4n) is 1.62. The maximum Gasteiger partial charge on any atom is 0.196 e. The highest BCUT2D eigenvalue weighted by atomic mass is 16.5. The van der Waals surface area contributed by atoms with Gasteiger partial charge in [0, 0.05) is 11.8 Å². The van der Waals surface area contributed by atoms with E-state index in [1.54, 1.807) is 0 Å². The van der Waals surface area contributed by atoms with Crippen molar-refractivity contribution in [1.82, 2.24) is 5.16 Å². The minimum Gasteiger partial charge on any atom is -0.384 e. The number of carbonyl (C=O) groups excluding carboxylic acids is 1. The van der Waals surface area contributed by atoms with Gasteiger partial charge < -0.3 is 9.63 Å². The number of aromatic nitrogens is 1. The van der Waals surface area contributed by atoms with Crippen LogP contribution >= 0.6 is 0 Å². The van der Waals surface area contributed by atoms with Gasteiger partial charge in [0.1, 0.15) is 12.4 Å². The van der Waals surface area contributed by atoms with Crippen molar-refractivity contribution >= 4 is 5.78 Å². The lowest BCUT2D eigenvalue weighted by molar-refractivity contribution is 0.0335. The largest absolute Gasteiger partial charge is 0.384 e. The molecular formula is C9H11NO3. The van der Waals surface area contributed by atoms with E-state index >= 15 is 0 Å². The third-order valence-electron chi connectivity index (χ3n) is 2.52. The molecule has 1 aliphatic rings. The molecule has 0 saturated carbocycles. The van der Waals surface area contributed by atoms with Crippen LogP contribution in [0.1, 0.15) is 29.9 Å². The molecule has 4 nitrogen and oxygen atoms in total. The number of aliphatic hydroxyl groups is 1. The monoisotopic (exact) mass is 181 g/mol. The standard InChI is InChI=1S/C9H11NO3/c1-9(2)3-6-5(4-13-10-6)7(11)8(9)12/h4,8,12H,3H2,1-2H3. The highest BCUT2D eigenvalue weighted by Gasteiger charge is 2.41. The predicted molar refractivity (Wildman–Crippen MR) is 44.3 cm³/mol. The van der Waals surface area contributed by atoms with E-state index in [4.69, 9.17) is 4.52 Å². The quantitative estimate of drug-likeness (QED) is 0.643. The Balaban J connectivity index is 2.51. The molecule has 0 saturated heterocycles. The first kappa shape index (κ1) is 8.44. The number of carbonyl (C=O) groups is 1. The van der Waals surface area contributed by atoms with Crippen molar-refractivity contribution in [3.63, 3.8) is 0 Å². The molecular weight excluding hydrogens is 170 g/mol. The van der Waals surface area contributed by atoms with Gasteiger partial charge in [0.2, 0.25) is 0 Å². The molecule has 0 aliphatic heterocycles. The van der Waals surface area contributed by atoms with E-state index in [1.165, 1.54) is 6.26 Å². The summed E-state index contributed by atoms with van der Waals surface area (Å²) in [6.07, 6.45) is 0.932. The van der Waals surface area contributed by atoms with Crippen LogP contribution in [0, 0.1) is 5.41 Å². The Bertz CT molecular complexity index is 353. The first-order valence-corrected chi connectivity index (χ1v) is 4.18. The molecule has 0 fully saturated rings. The van der Waals surface area contributed by atoms with Gasteiger partial charge in [-0.05, 0) is 0 Å². The lowest BCUT2D eigenvalue weighted by atomic mass is 9.74. The van der Waals surface area contributed by atoms with Crippen LogP contribution < -0.4 is 0 Å². The number of fused-ring (bicyclic) bond motifs is 1. The molecule has 4 heteroatoms. The van der Waals surface area contributed by atoms with Gasteiger partial charge in [-0.2, -0.15) is 0 Å². The van der Waals surface area contributed by atoms with Crippen molar-refractivity contribution in [2.45, 2.75) is 26.4 Å². The van der Waals surface area contributed by atoms with Crippen molar-refractivity contribution in [1.29, 1.82) is 0 Å². The molecule has 0 radical (unpaired) electrons. The average molecular weight is 181 g/mol. The van der Waals surface area contributed by atoms with E-state index in [0.717, 1.165) is 0 Å². The van der Waals surface area contributed by atoms with Crippen molar-refractivity contribution in [3.05, 3.63) is 17.5 Å². The molecule has 0 aromatic carbocycles. The maximum absolute atomic E-state index is 11.5. The van der Waals surface area contributed by atoms with Crippen LogP contribution in [0.2, 0.25) is 0 Å². The van der Waals surface area contributed by atoms with Crippen molar-refractivity contribution < 1.29 is 14.4 Å². The number of hydrogen-bond acceptors (Lipinski definition) is 4. The summed E-state index contributed by atoms with van der Waals surface area (Å²) in [5.74, 6) is -0.285. The Morgan fingerprint density at radius 1 is 1.69 bits per heavy atom. The number of hydrogen-bond donors (Lipinski definition) is 1. The summed E-state index contributed by atoms with van der Waals surface area (Å²) in [6.45, 7) is 3.68. The molecule has 1 unspecified atom stereocenters. The van der Waals surface area contributed by atoms with Gasteiger partial charge in [-0.15, -0.1) is 0 Å². The first-order valence-electron chi connectivity index (χ1n) is 4.18. The topological polar surface area (TPSA) is 63.3 Å². The molecule has 2 rings (SSSR count). The lowest BCUT2D eigenvalue weighted by Crippen LogP contribution is -2.42. The normalized spacial score (nSPS) is 25.8. The summed E-state index contributed by atoms with van der Waals surface area (Å²) in [5, 5.41) is 13.4. The minimum absolute atomic E-state index is 0.285. The van der Waals surface area contributed by atoms with Crippen molar-refractivity contribution in [3.8, 4) is 0 Å². The van der Waals surface area contributed by atoms with Gasteiger partial charge in [0.05, 0.1) is 11.3 Å². The molecule has 0 bridgehead atoms. The van der Waals surface area contributed by atoms with Gasteiger partial charge in [-0.25, -0.2) is 0 Å². The molecule has 13 heavy (non-hydrogen) atoms. The molecule has 1 heterocycles. The average Bonchev–Trinajstić information content (AvgIpc) is 2.47. The van der Waals surface area contributed by atoms with E-state index < -0.39 is 11.5 Å². The third-order valence-corrected chi connectivity index (χ3v) is 2.52. The zero-order chi connectivity index (χ0) is 9.64. The molecule has 1 aromatic rings. The summed E-state index contributed by atoms with van der Waals surface area (Å²) >= 11 is 0. The molecule has 1 aliphatic carbocycles. The fourth-order valence-corrected chi connectivity index (χ4v) is 1.62. The van der Waals surface area contributed by atoms with E-state index in [0.29, 0.717) is 17.7 Å². The summed E-state index contributed by atoms with van der Waals surface area (Å²) in [6, 6.07) is 0. The van der Waals surface area contributed by atoms with Crippen LogP contribution in [0.25, 0.3) is 0 Å². The van der Waals surface area contributed by atoms with Gasteiger partial charge >= 0.3 is 0 Å². The van der Waals surface area contributed by atoms with Gasteiger partial charge in [-0.1, -0.05) is 19.0 Å². The summed E-state index contributed by atoms with van der Waals surface area (Å²) < 4.78 is 4.70. The van der Waals surface area contributed by atoms with Crippen LogP contribution in [0.5, 0.6) is 0 Å². The Kier molecular flexibility index (Phi) is 1.57. The SMILES string of the molecule is CC1(C)Cc2nocc2C(=O)C1O. The van der Waals surface area contributed by atoms with Crippen LogP contribution in [-0.2, 0) is 6.42 Å². The van der Waals surface area contributed by atoms with E-state index in [1.807, 2.05) is 13.8 Å². The van der Waals surface area contributed by atoms with Crippen LogP contribution in [0.15, 0.2) is 10.8 Å². The number of nitrogens with zero attached hydrogens (tertiary/aromatic N) is 1. The second kappa shape index (κ2) is 2.42. The molecule has 0 spiro atoms. The summed E-state index contributed by atoms with van der Waals surface area (Å²) in [4.78, 5) is 11.5. The van der Waals surface area contributed by atoms with Crippen LogP contribution in [-0.4, -0.2) is 22.2 Å². The molecule has 1 N–H and O–H groups in total. The predicted octanol–water partition coefficient (Wildman–Crippen LogP) is 0.800. The van der Waals surface area contributed by atoms with Crippen molar-refractivity contribution in [2.24, 2.45) is 5.41 Å². The highest BCUT2D eigenvalue weighted by molar-refractivity contribution is 6.01. The Hall–Kier alpha value is -1.16. The molecule has 0 amide bonds. The zero-order valence-corrected chi connectivity index (χ0v) is 7.57. The highest BCUT2D eigenvalue weighted by Crippen LogP contribution is 2.34. The van der Waals surface area contributed by atoms with E-state index in [9.17, 15) is 9.90 Å². The Morgan fingerprint density at radius 2 is 2.38 bits per heavy atom. The minimum atomic E-state index is -0.945. The molecule has 70 valence electrons. The van der Waals surface area contributed by atoms with E-state index in [2.05, 4.69) is 5.16 Å². The molecule has 1 aromatic heterocycles.